The highest BCUT2D eigenvalue weighted by atomic mass is 35.6. The van der Waals surface area contributed by atoms with Crippen molar-refractivity contribution in [3.63, 3.8) is 0 Å². The summed E-state index contributed by atoms with van der Waals surface area (Å²) in [6.07, 6.45) is 0. The van der Waals surface area contributed by atoms with E-state index < -0.39 is 8.43 Å². The maximum Gasteiger partial charge on any atom is 0.285 e. The topological polar surface area (TPSA) is 24.1 Å². The van der Waals surface area contributed by atoms with Gasteiger partial charge in [-0.3, -0.25) is 0 Å². The molecule has 7 heavy (non-hydrogen) atoms. The SMILES string of the molecule is CCN[SiH](Cl)NC. The molecule has 1 unspecified atom stereocenters. The highest BCUT2D eigenvalue weighted by Gasteiger charge is 1.96. The van der Waals surface area contributed by atoms with Gasteiger partial charge in [0.2, 0.25) is 0 Å². The zero-order valence-corrected chi connectivity index (χ0v) is 6.57. The summed E-state index contributed by atoms with van der Waals surface area (Å²) in [7, 11) is 0.659. The third-order valence-corrected chi connectivity index (χ3v) is 3.03. The predicted octanol–water partition coefficient (Wildman–Crippen LogP) is -0.229. The van der Waals surface area contributed by atoms with Gasteiger partial charge in [0.15, 0.2) is 0 Å². The molecular formula is C3H11ClN2Si. The predicted molar refractivity (Wildman–Crippen MR) is 35.7 cm³/mol. The van der Waals surface area contributed by atoms with Crippen LogP contribution in [0.15, 0.2) is 0 Å². The molecule has 0 aromatic rings. The van der Waals surface area contributed by atoms with Gasteiger partial charge in [-0.25, -0.2) is 0 Å². The Morgan fingerprint density at radius 2 is 2.29 bits per heavy atom. The quantitative estimate of drug-likeness (QED) is 0.416. The zero-order valence-electron chi connectivity index (χ0n) is 4.66. The van der Waals surface area contributed by atoms with Crippen LogP contribution in [0.5, 0.6) is 0 Å². The van der Waals surface area contributed by atoms with Crippen LogP contribution in [0.3, 0.4) is 0 Å². The maximum atomic E-state index is 5.68. The largest absolute Gasteiger partial charge is 0.319 e. The van der Waals surface area contributed by atoms with Crippen LogP contribution in [0, 0.1) is 0 Å². The van der Waals surface area contributed by atoms with E-state index in [9.17, 15) is 0 Å². The first-order valence-electron chi connectivity index (χ1n) is 2.36. The van der Waals surface area contributed by atoms with E-state index in [1.807, 2.05) is 14.0 Å². The summed E-state index contributed by atoms with van der Waals surface area (Å²) in [4.78, 5) is 6.05. The number of hydrogen-bond acceptors (Lipinski definition) is 2. The number of halogens is 1. The Hall–Kier alpha value is 0.427. The lowest BCUT2D eigenvalue weighted by Crippen LogP contribution is -2.40. The molecule has 2 N–H and O–H groups in total. The van der Waals surface area contributed by atoms with Gasteiger partial charge in [0.05, 0.1) is 0 Å². The van der Waals surface area contributed by atoms with Gasteiger partial charge in [0, 0.05) is 0 Å². The van der Waals surface area contributed by atoms with Crippen molar-refractivity contribution in [1.82, 2.24) is 9.96 Å². The van der Waals surface area contributed by atoms with Crippen LogP contribution in [0.25, 0.3) is 0 Å². The minimum Gasteiger partial charge on any atom is -0.319 e. The monoisotopic (exact) mass is 138 g/mol. The fourth-order valence-corrected chi connectivity index (χ4v) is 1.31. The van der Waals surface area contributed by atoms with Crippen molar-refractivity contribution in [1.29, 1.82) is 0 Å². The fraction of sp³-hybridized carbons (Fsp3) is 1.00. The summed E-state index contributed by atoms with van der Waals surface area (Å²) in [6.45, 7) is 3.00. The van der Waals surface area contributed by atoms with Gasteiger partial charge < -0.3 is 9.96 Å². The van der Waals surface area contributed by atoms with Gasteiger partial charge in [0.25, 0.3) is 8.43 Å². The van der Waals surface area contributed by atoms with Crippen molar-refractivity contribution in [3.05, 3.63) is 0 Å². The zero-order chi connectivity index (χ0) is 5.70. The molecule has 4 heteroatoms. The molecule has 0 aliphatic heterocycles. The van der Waals surface area contributed by atoms with Gasteiger partial charge in [-0.1, -0.05) is 6.92 Å². The second-order valence-corrected chi connectivity index (χ2v) is 4.23. The molecule has 44 valence electrons. The normalized spacial score (nSPS) is 14.1. The van der Waals surface area contributed by atoms with Gasteiger partial charge in [-0.2, -0.15) is 0 Å². The summed E-state index contributed by atoms with van der Waals surface area (Å²) in [5, 5.41) is 0. The third kappa shape index (κ3) is 4.28. The summed E-state index contributed by atoms with van der Waals surface area (Å²) in [5.74, 6) is 0. The molecule has 0 aromatic heterocycles. The summed E-state index contributed by atoms with van der Waals surface area (Å²) in [5.41, 5.74) is 0. The molecule has 1 atom stereocenters. The molecule has 0 aliphatic rings. The lowest BCUT2D eigenvalue weighted by Gasteiger charge is -2.02. The molecule has 2 nitrogen and oxygen atoms in total. The first kappa shape index (κ1) is 7.43. The van der Waals surface area contributed by atoms with E-state index in [2.05, 4.69) is 9.96 Å². The van der Waals surface area contributed by atoms with Gasteiger partial charge in [0.1, 0.15) is 0 Å². The second-order valence-electron chi connectivity index (χ2n) is 1.21. The first-order valence-corrected chi connectivity index (χ1v) is 5.26. The number of hydrogen-bond donors (Lipinski definition) is 2. The van der Waals surface area contributed by atoms with Crippen molar-refractivity contribution in [2.45, 2.75) is 6.92 Å². The van der Waals surface area contributed by atoms with E-state index in [0.29, 0.717) is 0 Å². The Morgan fingerprint density at radius 1 is 1.71 bits per heavy atom. The minimum atomic E-state index is -1.21. The van der Waals surface area contributed by atoms with Crippen molar-refractivity contribution in [2.24, 2.45) is 0 Å². The van der Waals surface area contributed by atoms with Crippen molar-refractivity contribution >= 4 is 19.5 Å². The van der Waals surface area contributed by atoms with Crippen LogP contribution in [0.2, 0.25) is 0 Å². The Balaban J connectivity index is 2.83. The number of nitrogens with one attached hydrogen (secondary N) is 2. The van der Waals surface area contributed by atoms with Gasteiger partial charge in [-0.15, -0.1) is 11.1 Å². The Morgan fingerprint density at radius 3 is 2.43 bits per heavy atom. The highest BCUT2D eigenvalue weighted by Crippen LogP contribution is 1.72. The van der Waals surface area contributed by atoms with E-state index in [0.717, 1.165) is 6.54 Å². The first-order chi connectivity index (χ1) is 3.31. The van der Waals surface area contributed by atoms with Crippen LogP contribution >= 0.6 is 11.1 Å². The van der Waals surface area contributed by atoms with Crippen LogP contribution in [-0.4, -0.2) is 22.0 Å². The Bertz CT molecular complexity index is 43.9. The molecule has 0 fully saturated rings. The van der Waals surface area contributed by atoms with Crippen molar-refractivity contribution in [2.75, 3.05) is 13.6 Å². The second kappa shape index (κ2) is 4.58. The van der Waals surface area contributed by atoms with Crippen molar-refractivity contribution < 1.29 is 0 Å². The molecular weight excluding hydrogens is 128 g/mol. The standard InChI is InChI=1S/C3H11ClN2Si/c1-3-6-7(4)5-2/h5-7H,3H2,1-2H3. The van der Waals surface area contributed by atoms with E-state index >= 15 is 0 Å². The average Bonchev–Trinajstić information content (AvgIpc) is 1.68. The molecule has 0 spiro atoms. The Labute approximate surface area is 50.7 Å². The summed E-state index contributed by atoms with van der Waals surface area (Å²) < 4.78 is 0. The number of rotatable bonds is 3. The molecule has 0 saturated heterocycles. The molecule has 0 aromatic carbocycles. The summed E-state index contributed by atoms with van der Waals surface area (Å²) >= 11 is 5.68. The van der Waals surface area contributed by atoms with E-state index in [1.165, 1.54) is 0 Å². The summed E-state index contributed by atoms with van der Waals surface area (Å²) in [6, 6.07) is 0. The highest BCUT2D eigenvalue weighted by molar-refractivity contribution is 7.03. The average molecular weight is 139 g/mol. The lowest BCUT2D eigenvalue weighted by atomic mass is 10.8. The van der Waals surface area contributed by atoms with Gasteiger partial charge in [-0.05, 0) is 13.6 Å². The molecule has 0 bridgehead atoms. The molecule has 0 saturated carbocycles. The van der Waals surface area contributed by atoms with Gasteiger partial charge >= 0.3 is 0 Å². The van der Waals surface area contributed by atoms with Crippen LogP contribution < -0.4 is 9.96 Å². The third-order valence-electron chi connectivity index (χ3n) is 0.637. The molecule has 0 radical (unpaired) electrons. The lowest BCUT2D eigenvalue weighted by molar-refractivity contribution is 0.966. The maximum absolute atomic E-state index is 5.68. The molecule has 0 rings (SSSR count). The van der Waals surface area contributed by atoms with Crippen molar-refractivity contribution in [3.8, 4) is 0 Å². The Kier molecular flexibility index (Phi) is 4.86. The fourth-order valence-electron chi connectivity index (χ4n) is 0.281. The van der Waals surface area contributed by atoms with E-state index in [-0.39, 0.29) is 0 Å². The van der Waals surface area contributed by atoms with Crippen LogP contribution in [0.1, 0.15) is 6.92 Å². The van der Waals surface area contributed by atoms with E-state index in [4.69, 9.17) is 11.1 Å². The van der Waals surface area contributed by atoms with Crippen LogP contribution in [-0.2, 0) is 0 Å². The molecule has 0 amide bonds. The van der Waals surface area contributed by atoms with Crippen LogP contribution in [0.4, 0.5) is 0 Å². The molecule has 0 aliphatic carbocycles. The minimum absolute atomic E-state index is 0.960. The molecule has 0 heterocycles. The van der Waals surface area contributed by atoms with E-state index in [1.54, 1.807) is 0 Å². The smallest absolute Gasteiger partial charge is 0.285 e.